The molecule has 0 amide bonds. The molecular weight excluding hydrogens is 628 g/mol. The summed E-state index contributed by atoms with van der Waals surface area (Å²) in [5, 5.41) is 2.10. The normalized spacial score (nSPS) is 12.8. The Morgan fingerprint density at radius 1 is 1.00 bits per heavy atom. The molecule has 0 bridgehead atoms. The van der Waals surface area contributed by atoms with E-state index >= 15 is 0 Å². The summed E-state index contributed by atoms with van der Waals surface area (Å²) >= 11 is -0.247. The molecule has 0 saturated heterocycles. The second-order valence-electron chi connectivity index (χ2n) is 9.19. The van der Waals surface area contributed by atoms with Gasteiger partial charge < -0.3 is 0 Å². The Hall–Kier alpha value is -2.86. The third-order valence-corrected chi connectivity index (χ3v) is 10.6. The van der Waals surface area contributed by atoms with Crippen LogP contribution in [0.3, 0.4) is 0 Å². The van der Waals surface area contributed by atoms with Gasteiger partial charge in [0.15, 0.2) is 0 Å². The fourth-order valence-corrected chi connectivity index (χ4v) is 7.63. The van der Waals surface area contributed by atoms with Crippen molar-refractivity contribution in [2.24, 2.45) is 0 Å². The molecule has 5 rings (SSSR count). The van der Waals surface area contributed by atoms with E-state index < -0.39 is 21.4 Å². The maximum atomic E-state index is 13.0. The summed E-state index contributed by atoms with van der Waals surface area (Å²) in [4.78, 5) is 4.73. The molecule has 0 aliphatic carbocycles. The first-order chi connectivity index (χ1) is 18.0. The van der Waals surface area contributed by atoms with Gasteiger partial charge in [0, 0.05) is 0 Å². The van der Waals surface area contributed by atoms with E-state index in [0.717, 1.165) is 38.4 Å². The average molecular weight is 653 g/mol. The first kappa shape index (κ1) is 26.7. The predicted octanol–water partition coefficient (Wildman–Crippen LogP) is 4.33. The molecule has 38 heavy (non-hydrogen) atoms. The van der Waals surface area contributed by atoms with Gasteiger partial charge in [0.1, 0.15) is 0 Å². The Labute approximate surface area is 229 Å². The van der Waals surface area contributed by atoms with Crippen LogP contribution in [0.15, 0.2) is 66.9 Å². The number of benzene rings is 3. The molecule has 0 saturated carbocycles. The Morgan fingerprint density at radius 2 is 1.76 bits per heavy atom. The first-order valence-corrected chi connectivity index (χ1v) is 16.1. The van der Waals surface area contributed by atoms with Crippen LogP contribution in [0.5, 0.6) is 5.75 Å². The van der Waals surface area contributed by atoms with Crippen molar-refractivity contribution in [2.75, 3.05) is 4.43 Å². The van der Waals surface area contributed by atoms with Crippen LogP contribution >= 0.6 is 0 Å². The number of rotatable bonds is 7. The number of fused-ring (bicyclic) bond motifs is 6. The van der Waals surface area contributed by atoms with E-state index in [2.05, 4.69) is 43.2 Å². The van der Waals surface area contributed by atoms with E-state index in [1.54, 1.807) is 6.07 Å². The number of aromatic nitrogens is 2. The van der Waals surface area contributed by atoms with E-state index in [0.29, 0.717) is 11.0 Å². The van der Waals surface area contributed by atoms with Gasteiger partial charge in [-0.15, -0.1) is 0 Å². The molecule has 5 aromatic rings. The van der Waals surface area contributed by atoms with Gasteiger partial charge in [-0.2, -0.15) is 0 Å². The van der Waals surface area contributed by atoms with E-state index in [4.69, 9.17) is 4.98 Å². The third-order valence-electron chi connectivity index (χ3n) is 6.27. The van der Waals surface area contributed by atoms with Crippen molar-refractivity contribution >= 4 is 37.4 Å². The molecule has 0 spiro atoms. The van der Waals surface area contributed by atoms with E-state index in [1.807, 2.05) is 34.9 Å². The Bertz CT molecular complexity index is 1780. The van der Waals surface area contributed by atoms with Crippen molar-refractivity contribution < 1.29 is 47.0 Å². The van der Waals surface area contributed by atoms with Gasteiger partial charge in [-0.3, -0.25) is 0 Å². The van der Waals surface area contributed by atoms with Crippen LogP contribution in [0.1, 0.15) is 38.7 Å². The zero-order chi connectivity index (χ0) is 27.2. The van der Waals surface area contributed by atoms with Crippen molar-refractivity contribution in [3.05, 3.63) is 76.0 Å². The molecule has 0 aliphatic rings. The number of alkyl halides is 4. The molecule has 2 aromatic heterocycles. The summed E-state index contributed by atoms with van der Waals surface area (Å²) in [6.07, 6.45) is 2.91. The van der Waals surface area contributed by atoms with Crippen LogP contribution in [0, 0.1) is 3.57 Å². The number of nitrogens with zero attached hydrogens (tertiary/aromatic N) is 2. The molecule has 0 aliphatic heterocycles. The molecule has 2 heterocycles. The number of halogens is 4. The Kier molecular flexibility index (Phi) is 7.06. The predicted molar refractivity (Wildman–Crippen MR) is 139 cm³/mol. The van der Waals surface area contributed by atoms with Crippen LogP contribution in [-0.4, -0.2) is 27.7 Å². The summed E-state index contributed by atoms with van der Waals surface area (Å²) < 4.78 is 71.3. The summed E-state index contributed by atoms with van der Waals surface area (Å²) in [6.45, 7) is 6.49. The van der Waals surface area contributed by atoms with Gasteiger partial charge in [-0.05, 0) is 0 Å². The first-order valence-electron chi connectivity index (χ1n) is 12.1. The summed E-state index contributed by atoms with van der Waals surface area (Å²) in [6, 6.07) is 18.3. The average Bonchev–Trinajstić information content (AvgIpc) is 3.31. The standard InChI is InChI=1S/C28H25F3IN2O3S/c1-4-14-32-23-10-7-9-19(17(2)3)26(23)25-16-33-27-22-15-18(37-38(35,36)28(29,30)31)12-13-20(22)21-8-5-6-11-24(21)34(25)27/h5-13,15-17H,4,14H2,1-3H3/q-1. The quantitative estimate of drug-likeness (QED) is 0.0864. The van der Waals surface area contributed by atoms with Gasteiger partial charge in [0.2, 0.25) is 0 Å². The van der Waals surface area contributed by atoms with E-state index in [9.17, 15) is 21.6 Å². The van der Waals surface area contributed by atoms with Crippen molar-refractivity contribution in [3.8, 4) is 17.0 Å². The molecule has 200 valence electrons. The van der Waals surface area contributed by atoms with Crippen molar-refractivity contribution in [1.82, 2.24) is 9.38 Å². The molecule has 0 fully saturated rings. The SMILES string of the molecule is CCC[I-]c1cccc(C(C)C)c1-c1cnc2c3cc(OS(=O)(=O)C(F)(F)F)ccc3c3ccccc3n12. The maximum absolute atomic E-state index is 13.0. The van der Waals surface area contributed by atoms with Crippen LogP contribution in [0.4, 0.5) is 13.2 Å². The molecule has 0 atom stereocenters. The number of hydrogen-bond acceptors (Lipinski definition) is 4. The minimum atomic E-state index is -5.81. The molecule has 0 N–H and O–H groups in total. The van der Waals surface area contributed by atoms with Crippen LogP contribution in [-0.2, 0) is 10.1 Å². The van der Waals surface area contributed by atoms with Gasteiger partial charge >= 0.3 is 230 Å². The van der Waals surface area contributed by atoms with E-state index in [1.165, 1.54) is 21.3 Å². The monoisotopic (exact) mass is 653 g/mol. The van der Waals surface area contributed by atoms with Crippen LogP contribution < -0.4 is 25.4 Å². The van der Waals surface area contributed by atoms with Gasteiger partial charge in [-0.1, -0.05) is 0 Å². The van der Waals surface area contributed by atoms with Crippen molar-refractivity contribution in [1.29, 1.82) is 0 Å². The minimum absolute atomic E-state index is 0.247. The topological polar surface area (TPSA) is 60.7 Å². The number of imidazole rings is 1. The second kappa shape index (κ2) is 10.0. The van der Waals surface area contributed by atoms with Gasteiger partial charge in [0.25, 0.3) is 0 Å². The van der Waals surface area contributed by atoms with Crippen LogP contribution in [0.25, 0.3) is 38.6 Å². The zero-order valence-electron chi connectivity index (χ0n) is 20.9. The van der Waals surface area contributed by atoms with E-state index in [-0.39, 0.29) is 27.1 Å². The summed E-state index contributed by atoms with van der Waals surface area (Å²) in [5.74, 6) is -0.158. The molecule has 5 nitrogen and oxygen atoms in total. The summed E-state index contributed by atoms with van der Waals surface area (Å²) in [7, 11) is -5.81. The number of hydrogen-bond donors (Lipinski definition) is 0. The fourth-order valence-electron chi connectivity index (χ4n) is 4.63. The fraction of sp³-hybridized carbons (Fsp3) is 0.250. The zero-order valence-corrected chi connectivity index (χ0v) is 23.9. The molecule has 10 heteroatoms. The van der Waals surface area contributed by atoms with Crippen molar-refractivity contribution in [2.45, 2.75) is 38.6 Å². The molecule has 0 unspecified atom stereocenters. The van der Waals surface area contributed by atoms with Crippen molar-refractivity contribution in [3.63, 3.8) is 0 Å². The van der Waals surface area contributed by atoms with Gasteiger partial charge in [-0.25, -0.2) is 0 Å². The van der Waals surface area contributed by atoms with Crippen LogP contribution in [0.2, 0.25) is 0 Å². The summed E-state index contributed by atoms with van der Waals surface area (Å²) in [5.41, 5.74) is -0.855. The Morgan fingerprint density at radius 3 is 2.47 bits per heavy atom. The Balaban J connectivity index is 1.84. The number of pyridine rings is 1. The second-order valence-corrected chi connectivity index (χ2v) is 13.7. The molecule has 0 radical (unpaired) electrons. The van der Waals surface area contributed by atoms with Gasteiger partial charge in [0.05, 0.1) is 0 Å². The number of para-hydroxylation sites is 1. The third kappa shape index (κ3) is 4.61. The molecule has 3 aromatic carbocycles. The molecular formula is C28H25F3IN2O3S-.